The van der Waals surface area contributed by atoms with Crippen LogP contribution in [0.2, 0.25) is 0 Å². The van der Waals surface area contributed by atoms with Crippen molar-refractivity contribution in [1.82, 2.24) is 4.90 Å². The lowest BCUT2D eigenvalue weighted by Gasteiger charge is -2.31. The van der Waals surface area contributed by atoms with E-state index in [1.54, 1.807) is 18.2 Å². The van der Waals surface area contributed by atoms with Crippen LogP contribution in [0.15, 0.2) is 77.7 Å². The van der Waals surface area contributed by atoms with Gasteiger partial charge in [0, 0.05) is 6.54 Å². The minimum atomic E-state index is -4.79. The topological polar surface area (TPSA) is 46.6 Å². The number of alkyl halides is 6. The second kappa shape index (κ2) is 10.4. The number of nitrogens with zero attached hydrogens (tertiary/aromatic N) is 1. The molecule has 0 N–H and O–H groups in total. The first-order valence-corrected chi connectivity index (χ1v) is 12.9. The van der Waals surface area contributed by atoms with Crippen molar-refractivity contribution in [2.75, 3.05) is 13.1 Å². The van der Waals surface area contributed by atoms with E-state index < -0.39 is 33.2 Å². The Balaban J connectivity index is 1.37. The van der Waals surface area contributed by atoms with Crippen LogP contribution in [-0.2, 0) is 22.6 Å². The third-order valence-electron chi connectivity index (χ3n) is 6.24. The molecule has 0 amide bonds. The molecule has 3 aromatic rings. The molecule has 0 unspecified atom stereocenters. The standard InChI is InChI=1S/C26H23F6NO3S/c27-25(28,29)21-3-1-2-18(16-21)17-33-14-12-24(13-15-33)37(34,35)23-10-6-20(7-11-23)19-4-8-22(9-5-19)36-26(30,31)32/h1-11,16,24H,12-15,17H2. The first-order valence-electron chi connectivity index (χ1n) is 11.4. The summed E-state index contributed by atoms with van der Waals surface area (Å²) in [6, 6.07) is 16.5. The first kappa shape index (κ1) is 27.0. The molecule has 1 aliphatic rings. The smallest absolute Gasteiger partial charge is 0.406 e. The SMILES string of the molecule is O=S(=O)(c1ccc(-c2ccc(OC(F)(F)F)cc2)cc1)C1CCN(Cc2cccc(C(F)(F)F)c2)CC1. The van der Waals surface area contributed by atoms with Crippen molar-refractivity contribution < 1.29 is 39.5 Å². The lowest BCUT2D eigenvalue weighted by molar-refractivity contribution is -0.274. The van der Waals surface area contributed by atoms with Gasteiger partial charge in [0.2, 0.25) is 0 Å². The van der Waals surface area contributed by atoms with Gasteiger partial charge in [-0.25, -0.2) is 8.42 Å². The third-order valence-corrected chi connectivity index (χ3v) is 8.52. The van der Waals surface area contributed by atoms with Crippen molar-refractivity contribution in [2.45, 2.75) is 42.1 Å². The maximum Gasteiger partial charge on any atom is 0.573 e. The molecule has 0 aromatic heterocycles. The van der Waals surface area contributed by atoms with Gasteiger partial charge in [-0.1, -0.05) is 42.5 Å². The number of piperidine rings is 1. The lowest BCUT2D eigenvalue weighted by atomic mass is 10.1. The van der Waals surface area contributed by atoms with Crippen LogP contribution in [0, 0.1) is 0 Å². The number of rotatable bonds is 6. The maximum atomic E-state index is 13.2. The van der Waals surface area contributed by atoms with Crippen LogP contribution < -0.4 is 4.74 Å². The monoisotopic (exact) mass is 543 g/mol. The van der Waals surface area contributed by atoms with Gasteiger partial charge in [-0.2, -0.15) is 13.2 Å². The second-order valence-corrected chi connectivity index (χ2v) is 11.0. The first-order chi connectivity index (χ1) is 17.3. The molecular weight excluding hydrogens is 520 g/mol. The van der Waals surface area contributed by atoms with Gasteiger partial charge in [0.25, 0.3) is 0 Å². The Hall–Kier alpha value is -3.05. The summed E-state index contributed by atoms with van der Waals surface area (Å²) in [5, 5.41) is -0.616. The molecule has 0 radical (unpaired) electrons. The Bertz CT molecular complexity index is 1310. The van der Waals surface area contributed by atoms with Crippen molar-refractivity contribution in [3.05, 3.63) is 83.9 Å². The molecule has 1 heterocycles. The van der Waals surface area contributed by atoms with E-state index in [0.717, 1.165) is 12.1 Å². The van der Waals surface area contributed by atoms with Crippen molar-refractivity contribution in [1.29, 1.82) is 0 Å². The molecule has 0 spiro atoms. The highest BCUT2D eigenvalue weighted by molar-refractivity contribution is 7.92. The van der Waals surface area contributed by atoms with Crippen LogP contribution in [0.1, 0.15) is 24.0 Å². The van der Waals surface area contributed by atoms with Gasteiger partial charge in [-0.15, -0.1) is 13.2 Å². The molecule has 4 nitrogen and oxygen atoms in total. The Labute approximate surface area is 210 Å². The average Bonchev–Trinajstić information content (AvgIpc) is 2.84. The summed E-state index contributed by atoms with van der Waals surface area (Å²) < 4.78 is 106. The van der Waals surface area contributed by atoms with Crippen molar-refractivity contribution in [2.24, 2.45) is 0 Å². The van der Waals surface area contributed by atoms with Gasteiger partial charge in [0.15, 0.2) is 9.84 Å². The zero-order valence-corrected chi connectivity index (χ0v) is 20.2. The molecule has 0 bridgehead atoms. The quantitative estimate of drug-likeness (QED) is 0.325. The van der Waals surface area contributed by atoms with E-state index in [-0.39, 0.29) is 10.6 Å². The predicted molar refractivity (Wildman–Crippen MR) is 125 cm³/mol. The van der Waals surface area contributed by atoms with E-state index in [2.05, 4.69) is 4.74 Å². The van der Waals surface area contributed by atoms with Crippen LogP contribution in [0.5, 0.6) is 5.75 Å². The summed E-state index contributed by atoms with van der Waals surface area (Å²) in [5.74, 6) is -0.352. The van der Waals surface area contributed by atoms with Crippen molar-refractivity contribution in [3.8, 4) is 16.9 Å². The number of benzene rings is 3. The summed E-state index contributed by atoms with van der Waals surface area (Å²) >= 11 is 0. The van der Waals surface area contributed by atoms with E-state index in [0.29, 0.717) is 49.2 Å². The molecule has 37 heavy (non-hydrogen) atoms. The molecule has 0 saturated carbocycles. The number of hydrogen-bond donors (Lipinski definition) is 0. The predicted octanol–water partition coefficient (Wildman–Crippen LogP) is 6.71. The lowest BCUT2D eigenvalue weighted by Crippen LogP contribution is -2.38. The summed E-state index contributed by atoms with van der Waals surface area (Å²) in [6.07, 6.45) is -8.50. The fourth-order valence-electron chi connectivity index (χ4n) is 4.36. The molecule has 1 fully saturated rings. The van der Waals surface area contributed by atoms with E-state index in [9.17, 15) is 34.8 Å². The Morgan fingerprint density at radius 1 is 0.811 bits per heavy atom. The highest BCUT2D eigenvalue weighted by Crippen LogP contribution is 2.32. The molecule has 0 aliphatic carbocycles. The molecule has 11 heteroatoms. The van der Waals surface area contributed by atoms with Crippen LogP contribution in [-0.4, -0.2) is 38.0 Å². The molecule has 1 aliphatic heterocycles. The van der Waals surface area contributed by atoms with E-state index in [1.807, 2.05) is 4.90 Å². The summed E-state index contributed by atoms with van der Waals surface area (Å²) in [4.78, 5) is 2.08. The fraction of sp³-hybridized carbons (Fsp3) is 0.308. The zero-order valence-electron chi connectivity index (χ0n) is 19.4. The summed E-state index contributed by atoms with van der Waals surface area (Å²) in [6.45, 7) is 1.17. The molecule has 0 atom stereocenters. The Kier molecular flexibility index (Phi) is 7.57. The highest BCUT2D eigenvalue weighted by Gasteiger charge is 2.33. The minimum Gasteiger partial charge on any atom is -0.406 e. The van der Waals surface area contributed by atoms with Gasteiger partial charge < -0.3 is 4.74 Å². The number of likely N-dealkylation sites (tertiary alicyclic amines) is 1. The zero-order chi connectivity index (χ0) is 26.8. The second-order valence-electron chi connectivity index (χ2n) is 8.82. The molecule has 3 aromatic carbocycles. The Morgan fingerprint density at radius 2 is 1.38 bits per heavy atom. The highest BCUT2D eigenvalue weighted by atomic mass is 32.2. The van der Waals surface area contributed by atoms with Crippen LogP contribution in [0.4, 0.5) is 26.3 Å². The van der Waals surface area contributed by atoms with Crippen LogP contribution >= 0.6 is 0 Å². The van der Waals surface area contributed by atoms with Gasteiger partial charge in [0.1, 0.15) is 5.75 Å². The van der Waals surface area contributed by atoms with Gasteiger partial charge in [-0.3, -0.25) is 4.90 Å². The van der Waals surface area contributed by atoms with Crippen molar-refractivity contribution in [3.63, 3.8) is 0 Å². The molecule has 1 saturated heterocycles. The number of sulfone groups is 1. The van der Waals surface area contributed by atoms with Gasteiger partial charge >= 0.3 is 12.5 Å². The van der Waals surface area contributed by atoms with E-state index in [1.165, 1.54) is 42.5 Å². The Morgan fingerprint density at radius 3 is 1.92 bits per heavy atom. The van der Waals surface area contributed by atoms with E-state index in [4.69, 9.17) is 0 Å². The largest absolute Gasteiger partial charge is 0.573 e. The average molecular weight is 544 g/mol. The van der Waals surface area contributed by atoms with Gasteiger partial charge in [0.05, 0.1) is 15.7 Å². The number of hydrogen-bond acceptors (Lipinski definition) is 4. The van der Waals surface area contributed by atoms with Crippen molar-refractivity contribution >= 4 is 9.84 Å². The van der Waals surface area contributed by atoms with Crippen LogP contribution in [0.25, 0.3) is 11.1 Å². The summed E-state index contributed by atoms with van der Waals surface area (Å²) in [5.41, 5.74) is 1.04. The summed E-state index contributed by atoms with van der Waals surface area (Å²) in [7, 11) is -3.63. The van der Waals surface area contributed by atoms with E-state index >= 15 is 0 Å². The van der Waals surface area contributed by atoms with Crippen LogP contribution in [0.3, 0.4) is 0 Å². The van der Waals surface area contributed by atoms with Gasteiger partial charge in [-0.05, 0) is 73.0 Å². The number of ether oxygens (including phenoxy) is 1. The fourth-order valence-corrected chi connectivity index (χ4v) is 6.09. The maximum absolute atomic E-state index is 13.2. The normalized spacial score (nSPS) is 16.1. The molecule has 198 valence electrons. The third kappa shape index (κ3) is 6.84. The number of halogens is 6. The minimum absolute atomic E-state index is 0.143. The molecule has 4 rings (SSSR count). The molecular formula is C26H23F6NO3S.